The molecule has 0 fully saturated rings. The first-order valence-electron chi connectivity index (χ1n) is 4.49. The van der Waals surface area contributed by atoms with Gasteiger partial charge in [-0.05, 0) is 6.07 Å². The SMILES string of the molecule is O=[N+]([O-])c1ccc(CNCC(O)C(F)(F)F)s1. The van der Waals surface area contributed by atoms with E-state index in [0.717, 1.165) is 11.3 Å². The molecule has 1 heterocycles. The van der Waals surface area contributed by atoms with E-state index >= 15 is 0 Å². The van der Waals surface area contributed by atoms with Crippen LogP contribution in [0.15, 0.2) is 12.1 Å². The van der Waals surface area contributed by atoms with Crippen LogP contribution >= 0.6 is 11.3 Å². The average molecular weight is 270 g/mol. The lowest BCUT2D eigenvalue weighted by Gasteiger charge is -2.14. The fourth-order valence-electron chi connectivity index (χ4n) is 1.01. The van der Waals surface area contributed by atoms with Crippen molar-refractivity contribution in [3.05, 3.63) is 27.1 Å². The molecule has 2 N–H and O–H groups in total. The van der Waals surface area contributed by atoms with Gasteiger partial charge in [0.15, 0.2) is 6.10 Å². The number of nitro groups is 1. The summed E-state index contributed by atoms with van der Waals surface area (Å²) in [5, 5.41) is 21.3. The van der Waals surface area contributed by atoms with Gasteiger partial charge in [0, 0.05) is 24.0 Å². The molecule has 0 amide bonds. The van der Waals surface area contributed by atoms with Crippen molar-refractivity contribution >= 4 is 16.3 Å². The summed E-state index contributed by atoms with van der Waals surface area (Å²) in [7, 11) is 0. The molecule has 0 aliphatic carbocycles. The second kappa shape index (κ2) is 5.43. The van der Waals surface area contributed by atoms with E-state index in [2.05, 4.69) is 5.32 Å². The van der Waals surface area contributed by atoms with E-state index in [-0.39, 0.29) is 11.5 Å². The summed E-state index contributed by atoms with van der Waals surface area (Å²) in [4.78, 5) is 10.3. The van der Waals surface area contributed by atoms with Crippen LogP contribution in [0.5, 0.6) is 0 Å². The quantitative estimate of drug-likeness (QED) is 0.630. The van der Waals surface area contributed by atoms with E-state index in [1.807, 2.05) is 0 Å². The molecule has 0 aliphatic heterocycles. The number of alkyl halides is 3. The van der Waals surface area contributed by atoms with Gasteiger partial charge in [0.1, 0.15) is 0 Å². The Morgan fingerprint density at radius 2 is 2.18 bits per heavy atom. The predicted molar refractivity (Wildman–Crippen MR) is 54.7 cm³/mol. The van der Waals surface area contributed by atoms with Crippen LogP contribution in [0.2, 0.25) is 0 Å². The van der Waals surface area contributed by atoms with Crippen molar-refractivity contribution in [2.75, 3.05) is 6.54 Å². The Balaban J connectivity index is 2.38. The summed E-state index contributed by atoms with van der Waals surface area (Å²) in [6, 6.07) is 2.73. The number of aliphatic hydroxyl groups excluding tert-OH is 1. The van der Waals surface area contributed by atoms with Crippen molar-refractivity contribution in [3.63, 3.8) is 0 Å². The minimum absolute atomic E-state index is 0.0473. The van der Waals surface area contributed by atoms with Gasteiger partial charge >= 0.3 is 11.2 Å². The average Bonchev–Trinajstić information content (AvgIpc) is 2.64. The van der Waals surface area contributed by atoms with Crippen molar-refractivity contribution in [2.24, 2.45) is 0 Å². The predicted octanol–water partition coefficient (Wildman–Crippen LogP) is 1.67. The Kier molecular flexibility index (Phi) is 4.43. The number of halogens is 3. The molecule has 0 saturated carbocycles. The van der Waals surface area contributed by atoms with Gasteiger partial charge in [0.25, 0.3) is 0 Å². The number of nitrogens with one attached hydrogen (secondary N) is 1. The van der Waals surface area contributed by atoms with Crippen molar-refractivity contribution in [2.45, 2.75) is 18.8 Å². The zero-order chi connectivity index (χ0) is 13.1. The Morgan fingerprint density at radius 3 is 2.65 bits per heavy atom. The second-order valence-electron chi connectivity index (χ2n) is 3.19. The highest BCUT2D eigenvalue weighted by atomic mass is 32.1. The van der Waals surface area contributed by atoms with Crippen LogP contribution in [0.4, 0.5) is 18.2 Å². The smallest absolute Gasteiger partial charge is 0.382 e. The molecule has 1 unspecified atom stereocenters. The fraction of sp³-hybridized carbons (Fsp3) is 0.500. The molecule has 9 heteroatoms. The number of hydrogen-bond donors (Lipinski definition) is 2. The molecule has 0 radical (unpaired) electrons. The van der Waals surface area contributed by atoms with E-state index in [9.17, 15) is 23.3 Å². The van der Waals surface area contributed by atoms with Crippen LogP contribution in [0.25, 0.3) is 0 Å². The van der Waals surface area contributed by atoms with Crippen LogP contribution in [-0.4, -0.2) is 28.9 Å². The molecule has 0 aromatic carbocycles. The van der Waals surface area contributed by atoms with Crippen LogP contribution in [0, 0.1) is 10.1 Å². The molecule has 1 rings (SSSR count). The maximum Gasteiger partial charge on any atom is 0.415 e. The van der Waals surface area contributed by atoms with Gasteiger partial charge < -0.3 is 10.4 Å². The molecule has 1 aromatic rings. The summed E-state index contributed by atoms with van der Waals surface area (Å²) < 4.78 is 35.7. The third-order valence-electron chi connectivity index (χ3n) is 1.84. The minimum atomic E-state index is -4.66. The Morgan fingerprint density at radius 1 is 1.53 bits per heavy atom. The first-order valence-corrected chi connectivity index (χ1v) is 5.31. The first kappa shape index (κ1) is 13.9. The minimum Gasteiger partial charge on any atom is -0.382 e. The number of aliphatic hydroxyl groups is 1. The van der Waals surface area contributed by atoms with Gasteiger partial charge in [-0.15, -0.1) is 0 Å². The highest BCUT2D eigenvalue weighted by Gasteiger charge is 2.37. The molecule has 0 saturated heterocycles. The molecular formula is C8H9F3N2O3S. The first-order chi connectivity index (χ1) is 7.80. The van der Waals surface area contributed by atoms with Gasteiger partial charge in [-0.1, -0.05) is 11.3 Å². The largest absolute Gasteiger partial charge is 0.415 e. The van der Waals surface area contributed by atoms with E-state index in [1.54, 1.807) is 0 Å². The van der Waals surface area contributed by atoms with Gasteiger partial charge in [-0.2, -0.15) is 13.2 Å². The van der Waals surface area contributed by atoms with Gasteiger partial charge in [0.05, 0.1) is 4.92 Å². The Labute approximate surface area is 98.0 Å². The Bertz CT molecular complexity index is 394. The molecule has 17 heavy (non-hydrogen) atoms. The summed E-state index contributed by atoms with van der Waals surface area (Å²) >= 11 is 0.876. The molecule has 0 spiro atoms. The van der Waals surface area contributed by atoms with Crippen molar-refractivity contribution in [1.29, 1.82) is 0 Å². The van der Waals surface area contributed by atoms with Crippen molar-refractivity contribution < 1.29 is 23.2 Å². The Hall–Kier alpha value is -1.19. The second-order valence-corrected chi connectivity index (χ2v) is 4.33. The number of hydrogen-bond acceptors (Lipinski definition) is 5. The van der Waals surface area contributed by atoms with Gasteiger partial charge in [-0.3, -0.25) is 10.1 Å². The van der Waals surface area contributed by atoms with Crippen LogP contribution < -0.4 is 5.32 Å². The van der Waals surface area contributed by atoms with Crippen LogP contribution in [-0.2, 0) is 6.54 Å². The highest BCUT2D eigenvalue weighted by molar-refractivity contribution is 7.15. The maximum atomic E-state index is 11.9. The zero-order valence-corrected chi connectivity index (χ0v) is 9.22. The number of rotatable bonds is 5. The van der Waals surface area contributed by atoms with E-state index < -0.39 is 23.7 Å². The van der Waals surface area contributed by atoms with Crippen LogP contribution in [0.1, 0.15) is 4.88 Å². The van der Waals surface area contributed by atoms with Crippen molar-refractivity contribution in [1.82, 2.24) is 5.32 Å². The summed E-state index contributed by atoms with van der Waals surface area (Å²) in [5.41, 5.74) is 0. The van der Waals surface area contributed by atoms with Gasteiger partial charge in [-0.25, -0.2) is 0 Å². The standard InChI is InChI=1S/C8H9F3N2O3S/c9-8(10,11)6(14)4-12-3-5-1-2-7(17-5)13(15)16/h1-2,6,12,14H,3-4H2. The van der Waals surface area contributed by atoms with E-state index in [4.69, 9.17) is 5.11 Å². The lowest BCUT2D eigenvalue weighted by atomic mass is 10.3. The third-order valence-corrected chi connectivity index (χ3v) is 2.88. The molecule has 1 atom stereocenters. The molecule has 0 bridgehead atoms. The number of thiophene rings is 1. The van der Waals surface area contributed by atoms with E-state index in [0.29, 0.717) is 4.88 Å². The lowest BCUT2D eigenvalue weighted by Crippen LogP contribution is -2.38. The van der Waals surface area contributed by atoms with E-state index in [1.165, 1.54) is 12.1 Å². The maximum absolute atomic E-state index is 11.9. The molecule has 5 nitrogen and oxygen atoms in total. The molecule has 0 aliphatic rings. The monoisotopic (exact) mass is 270 g/mol. The van der Waals surface area contributed by atoms with Crippen molar-refractivity contribution in [3.8, 4) is 0 Å². The summed E-state index contributed by atoms with van der Waals surface area (Å²) in [6.45, 7) is -0.596. The fourth-order valence-corrected chi connectivity index (χ4v) is 1.80. The number of nitrogens with zero attached hydrogens (tertiary/aromatic N) is 1. The summed E-state index contributed by atoms with van der Waals surface area (Å²) in [6.07, 6.45) is -7.09. The topological polar surface area (TPSA) is 75.4 Å². The molecule has 1 aromatic heterocycles. The third kappa shape index (κ3) is 4.29. The molecular weight excluding hydrogens is 261 g/mol. The zero-order valence-electron chi connectivity index (χ0n) is 8.40. The molecule has 96 valence electrons. The highest BCUT2D eigenvalue weighted by Crippen LogP contribution is 2.24. The lowest BCUT2D eigenvalue weighted by molar-refractivity contribution is -0.380. The normalized spacial score (nSPS) is 13.6. The van der Waals surface area contributed by atoms with Gasteiger partial charge in [0.2, 0.25) is 0 Å². The summed E-state index contributed by atoms with van der Waals surface area (Å²) in [5.74, 6) is 0. The van der Waals surface area contributed by atoms with Crippen LogP contribution in [0.3, 0.4) is 0 Å².